The Bertz CT molecular complexity index is 1080. The van der Waals surface area contributed by atoms with Crippen LogP contribution in [0.25, 0.3) is 11.0 Å². The van der Waals surface area contributed by atoms with E-state index in [4.69, 9.17) is 9.94 Å². The molecule has 1 aromatic heterocycles. The Hall–Kier alpha value is -3.46. The second-order valence-electron chi connectivity index (χ2n) is 7.61. The molecular formula is C21H23N5O4. The second-order valence-corrected chi connectivity index (χ2v) is 7.61. The maximum Gasteiger partial charge on any atom is 0.265 e. The van der Waals surface area contributed by atoms with Crippen molar-refractivity contribution in [2.24, 2.45) is 0 Å². The SMILES string of the molecule is CC(C(=O)NO)N1CCC(C)(c2ccc(OCn3nnc4ccccc43)cc2)C1=O. The Kier molecular flexibility index (Phi) is 5.13. The summed E-state index contributed by atoms with van der Waals surface area (Å²) in [5.41, 5.74) is 3.42. The number of nitrogens with zero attached hydrogens (tertiary/aromatic N) is 4. The number of rotatable bonds is 6. The van der Waals surface area contributed by atoms with Gasteiger partial charge in [0.05, 0.1) is 10.9 Å². The monoisotopic (exact) mass is 409 g/mol. The van der Waals surface area contributed by atoms with Crippen molar-refractivity contribution < 1.29 is 19.5 Å². The number of fused-ring (bicyclic) bond motifs is 1. The Morgan fingerprint density at radius 3 is 2.73 bits per heavy atom. The fourth-order valence-corrected chi connectivity index (χ4v) is 3.81. The number of hydroxylamine groups is 1. The predicted octanol–water partition coefficient (Wildman–Crippen LogP) is 1.85. The van der Waals surface area contributed by atoms with Crippen molar-refractivity contribution >= 4 is 22.8 Å². The topological polar surface area (TPSA) is 110 Å². The lowest BCUT2D eigenvalue weighted by Crippen LogP contribution is -2.47. The van der Waals surface area contributed by atoms with E-state index >= 15 is 0 Å². The highest BCUT2D eigenvalue weighted by molar-refractivity contribution is 5.94. The van der Waals surface area contributed by atoms with Gasteiger partial charge in [-0.1, -0.05) is 29.5 Å². The number of carbonyl (C=O) groups is 2. The van der Waals surface area contributed by atoms with Crippen LogP contribution in [0.15, 0.2) is 48.5 Å². The van der Waals surface area contributed by atoms with E-state index in [2.05, 4.69) is 10.3 Å². The van der Waals surface area contributed by atoms with Gasteiger partial charge in [0.25, 0.3) is 5.91 Å². The summed E-state index contributed by atoms with van der Waals surface area (Å²) in [5, 5.41) is 17.0. The first-order chi connectivity index (χ1) is 14.4. The number of amides is 2. The molecule has 0 aliphatic carbocycles. The maximum atomic E-state index is 13.0. The molecule has 1 aliphatic rings. The van der Waals surface area contributed by atoms with Gasteiger partial charge < -0.3 is 9.64 Å². The zero-order valence-corrected chi connectivity index (χ0v) is 16.8. The van der Waals surface area contributed by atoms with Crippen molar-refractivity contribution in [1.29, 1.82) is 0 Å². The average Bonchev–Trinajstić information content (AvgIpc) is 3.33. The molecule has 2 heterocycles. The van der Waals surface area contributed by atoms with Crippen molar-refractivity contribution in [3.05, 3.63) is 54.1 Å². The van der Waals surface area contributed by atoms with Gasteiger partial charge in [-0.25, -0.2) is 10.2 Å². The predicted molar refractivity (Wildman–Crippen MR) is 108 cm³/mol. The van der Waals surface area contributed by atoms with Crippen LogP contribution >= 0.6 is 0 Å². The summed E-state index contributed by atoms with van der Waals surface area (Å²) in [4.78, 5) is 26.2. The number of hydrogen-bond donors (Lipinski definition) is 2. The number of likely N-dealkylation sites (tertiary alicyclic amines) is 1. The second kappa shape index (κ2) is 7.75. The highest BCUT2D eigenvalue weighted by atomic mass is 16.5. The summed E-state index contributed by atoms with van der Waals surface area (Å²) < 4.78 is 7.50. The third-order valence-corrected chi connectivity index (χ3v) is 5.81. The molecule has 3 aromatic rings. The molecule has 2 aromatic carbocycles. The van der Waals surface area contributed by atoms with Crippen LogP contribution in [-0.2, 0) is 21.7 Å². The number of para-hydroxylation sites is 1. The number of aromatic nitrogens is 3. The molecule has 30 heavy (non-hydrogen) atoms. The van der Waals surface area contributed by atoms with E-state index in [1.54, 1.807) is 17.1 Å². The van der Waals surface area contributed by atoms with Crippen molar-refractivity contribution in [2.75, 3.05) is 6.54 Å². The molecule has 1 aliphatic heterocycles. The number of carbonyl (C=O) groups excluding carboxylic acids is 2. The first kappa shape index (κ1) is 19.8. The molecule has 0 saturated carbocycles. The zero-order valence-electron chi connectivity index (χ0n) is 16.8. The van der Waals surface area contributed by atoms with Crippen LogP contribution in [0.1, 0.15) is 25.8 Å². The van der Waals surface area contributed by atoms with Crippen LogP contribution in [-0.4, -0.2) is 49.5 Å². The molecule has 9 heteroatoms. The first-order valence-corrected chi connectivity index (χ1v) is 9.70. The smallest absolute Gasteiger partial charge is 0.265 e. The Labute approximate surface area is 173 Å². The Morgan fingerprint density at radius 2 is 2.00 bits per heavy atom. The molecule has 0 bridgehead atoms. The first-order valence-electron chi connectivity index (χ1n) is 9.70. The highest BCUT2D eigenvalue weighted by Gasteiger charge is 2.46. The number of benzene rings is 2. The third-order valence-electron chi connectivity index (χ3n) is 5.81. The fourth-order valence-electron chi connectivity index (χ4n) is 3.81. The molecule has 2 amide bonds. The molecule has 2 N–H and O–H groups in total. The van der Waals surface area contributed by atoms with E-state index in [0.717, 1.165) is 16.6 Å². The van der Waals surface area contributed by atoms with Gasteiger partial charge in [0.15, 0.2) is 6.73 Å². The van der Waals surface area contributed by atoms with E-state index in [0.29, 0.717) is 18.7 Å². The Morgan fingerprint density at radius 1 is 1.27 bits per heavy atom. The molecule has 2 atom stereocenters. The maximum absolute atomic E-state index is 13.0. The van der Waals surface area contributed by atoms with Gasteiger partial charge in [0, 0.05) is 6.54 Å². The summed E-state index contributed by atoms with van der Waals surface area (Å²) >= 11 is 0. The molecule has 1 fully saturated rings. The van der Waals surface area contributed by atoms with E-state index in [-0.39, 0.29) is 12.6 Å². The number of hydrogen-bond acceptors (Lipinski definition) is 6. The minimum absolute atomic E-state index is 0.138. The molecule has 4 rings (SSSR count). The summed E-state index contributed by atoms with van der Waals surface area (Å²) in [5.74, 6) is -0.0874. The summed E-state index contributed by atoms with van der Waals surface area (Å²) in [6.07, 6.45) is 0.583. The van der Waals surface area contributed by atoms with Gasteiger partial charge in [-0.15, -0.1) is 5.10 Å². The van der Waals surface area contributed by atoms with Crippen LogP contribution in [0, 0.1) is 0 Å². The van der Waals surface area contributed by atoms with Crippen molar-refractivity contribution in [1.82, 2.24) is 25.4 Å². The molecule has 156 valence electrons. The van der Waals surface area contributed by atoms with Crippen LogP contribution in [0.4, 0.5) is 0 Å². The number of ether oxygens (including phenoxy) is 1. The van der Waals surface area contributed by atoms with E-state index in [9.17, 15) is 9.59 Å². The van der Waals surface area contributed by atoms with Gasteiger partial charge in [-0.3, -0.25) is 14.8 Å². The fraction of sp³-hybridized carbons (Fsp3) is 0.333. The van der Waals surface area contributed by atoms with Gasteiger partial charge in [-0.05, 0) is 50.1 Å². The summed E-state index contributed by atoms with van der Waals surface area (Å²) in [6, 6.07) is 14.3. The van der Waals surface area contributed by atoms with Gasteiger partial charge in [-0.2, -0.15) is 0 Å². The third kappa shape index (κ3) is 3.37. The van der Waals surface area contributed by atoms with Crippen molar-refractivity contribution in [2.45, 2.75) is 38.5 Å². The largest absolute Gasteiger partial charge is 0.471 e. The standard InChI is InChI=1S/C21H23N5O4/c1-14(19(27)23-29)25-12-11-21(2,20(25)28)15-7-9-16(10-8-15)30-13-26-18-6-4-3-5-17(18)22-24-26/h3-10,14,29H,11-13H2,1-2H3,(H,23,27). The van der Waals surface area contributed by atoms with Crippen molar-refractivity contribution in [3.8, 4) is 5.75 Å². The minimum atomic E-state index is -0.732. The molecule has 0 radical (unpaired) electrons. The van der Waals surface area contributed by atoms with Gasteiger partial charge >= 0.3 is 0 Å². The van der Waals surface area contributed by atoms with Crippen LogP contribution < -0.4 is 10.2 Å². The van der Waals surface area contributed by atoms with Gasteiger partial charge in [0.1, 0.15) is 17.3 Å². The lowest BCUT2D eigenvalue weighted by Gasteiger charge is -2.27. The zero-order chi connectivity index (χ0) is 21.3. The normalized spacial score (nSPS) is 19.8. The number of nitrogens with one attached hydrogen (secondary N) is 1. The molecule has 2 unspecified atom stereocenters. The quantitative estimate of drug-likeness (QED) is 0.475. The van der Waals surface area contributed by atoms with Crippen LogP contribution in [0.5, 0.6) is 5.75 Å². The molecular weight excluding hydrogens is 386 g/mol. The van der Waals surface area contributed by atoms with Crippen molar-refractivity contribution in [3.63, 3.8) is 0 Å². The van der Waals surface area contributed by atoms with E-state index < -0.39 is 17.4 Å². The van der Waals surface area contributed by atoms with E-state index in [1.165, 1.54) is 4.90 Å². The average molecular weight is 409 g/mol. The van der Waals surface area contributed by atoms with E-state index in [1.807, 2.05) is 55.5 Å². The lowest BCUT2D eigenvalue weighted by molar-refractivity contribution is -0.143. The Balaban J connectivity index is 1.45. The molecule has 1 saturated heterocycles. The van der Waals surface area contributed by atoms with Gasteiger partial charge in [0.2, 0.25) is 5.91 Å². The van der Waals surface area contributed by atoms with Crippen LogP contribution in [0.3, 0.4) is 0 Å². The van der Waals surface area contributed by atoms with Crippen LogP contribution in [0.2, 0.25) is 0 Å². The highest BCUT2D eigenvalue weighted by Crippen LogP contribution is 2.37. The summed E-state index contributed by atoms with van der Waals surface area (Å²) in [6.45, 7) is 4.13. The molecule has 0 spiro atoms. The lowest BCUT2D eigenvalue weighted by atomic mass is 9.81. The minimum Gasteiger partial charge on any atom is -0.471 e. The summed E-state index contributed by atoms with van der Waals surface area (Å²) in [7, 11) is 0. The molecule has 9 nitrogen and oxygen atoms in total.